The summed E-state index contributed by atoms with van der Waals surface area (Å²) in [5.41, 5.74) is 0. The second-order valence-corrected chi connectivity index (χ2v) is 5.27. The molecule has 1 atom stereocenters. The molecule has 0 spiro atoms. The SMILES string of the molecule is C[C@H](Sc1cccc[n+]1[O-])C(=O)NC1CC1. The van der Waals surface area contributed by atoms with Crippen molar-refractivity contribution in [2.45, 2.75) is 36.1 Å². The predicted octanol–water partition coefficient (Wildman–Crippen LogP) is 1.08. The summed E-state index contributed by atoms with van der Waals surface area (Å²) in [4.78, 5) is 11.7. The van der Waals surface area contributed by atoms with Gasteiger partial charge in [0.05, 0.1) is 5.25 Å². The van der Waals surface area contributed by atoms with Crippen LogP contribution in [0.4, 0.5) is 0 Å². The van der Waals surface area contributed by atoms with Gasteiger partial charge in [-0.2, -0.15) is 4.73 Å². The zero-order valence-corrected chi connectivity index (χ0v) is 9.87. The van der Waals surface area contributed by atoms with E-state index < -0.39 is 0 Å². The third-order valence-electron chi connectivity index (χ3n) is 2.38. The molecule has 1 fully saturated rings. The molecule has 1 aromatic rings. The summed E-state index contributed by atoms with van der Waals surface area (Å²) in [6.45, 7) is 1.81. The lowest BCUT2D eigenvalue weighted by atomic mass is 10.4. The molecule has 1 heterocycles. The molecule has 1 aliphatic rings. The van der Waals surface area contributed by atoms with Crippen molar-refractivity contribution in [2.24, 2.45) is 0 Å². The topological polar surface area (TPSA) is 56.0 Å². The van der Waals surface area contributed by atoms with Crippen LogP contribution in [0.15, 0.2) is 29.4 Å². The van der Waals surface area contributed by atoms with Crippen LogP contribution in [0.3, 0.4) is 0 Å². The van der Waals surface area contributed by atoms with Crippen molar-refractivity contribution in [3.63, 3.8) is 0 Å². The Balaban J connectivity index is 1.92. The molecule has 1 saturated carbocycles. The van der Waals surface area contributed by atoms with E-state index >= 15 is 0 Å². The molecule has 86 valence electrons. The van der Waals surface area contributed by atoms with Gasteiger partial charge < -0.3 is 10.5 Å². The van der Waals surface area contributed by atoms with Crippen LogP contribution >= 0.6 is 11.8 Å². The molecule has 0 aliphatic heterocycles. The first kappa shape index (κ1) is 11.3. The molecule has 4 nitrogen and oxygen atoms in total. The van der Waals surface area contributed by atoms with Gasteiger partial charge in [0.25, 0.3) is 5.03 Å². The maximum Gasteiger partial charge on any atom is 0.252 e. The highest BCUT2D eigenvalue weighted by Crippen LogP contribution is 2.23. The van der Waals surface area contributed by atoms with Crippen molar-refractivity contribution >= 4 is 17.7 Å². The molecule has 1 amide bonds. The van der Waals surface area contributed by atoms with Gasteiger partial charge in [-0.15, -0.1) is 0 Å². The van der Waals surface area contributed by atoms with Gasteiger partial charge in [-0.1, -0.05) is 0 Å². The number of hydrogen-bond donors (Lipinski definition) is 1. The Bertz CT molecular complexity index is 393. The maximum atomic E-state index is 11.7. The van der Waals surface area contributed by atoms with Crippen molar-refractivity contribution in [2.75, 3.05) is 0 Å². The minimum Gasteiger partial charge on any atom is -0.618 e. The van der Waals surface area contributed by atoms with E-state index in [4.69, 9.17) is 0 Å². The van der Waals surface area contributed by atoms with E-state index in [0.29, 0.717) is 11.1 Å². The highest BCUT2D eigenvalue weighted by Gasteiger charge is 2.26. The number of amides is 1. The molecule has 0 bridgehead atoms. The fraction of sp³-hybridized carbons (Fsp3) is 0.455. The standard InChI is InChI=1S/C11H14N2O2S/c1-8(11(14)12-9-5-6-9)16-10-4-2-3-7-13(10)15/h2-4,7-9H,5-6H2,1H3,(H,12,14)/t8-/m0/s1. The third kappa shape index (κ3) is 2.88. The average Bonchev–Trinajstić information content (AvgIpc) is 3.05. The number of carbonyl (C=O) groups is 1. The number of nitrogens with one attached hydrogen (secondary N) is 1. The van der Waals surface area contributed by atoms with Crippen molar-refractivity contribution < 1.29 is 9.52 Å². The minimum absolute atomic E-state index is 0.0105. The fourth-order valence-electron chi connectivity index (χ4n) is 1.28. The summed E-state index contributed by atoms with van der Waals surface area (Å²) in [5.74, 6) is 0.0105. The molecular formula is C11H14N2O2S. The van der Waals surface area contributed by atoms with Gasteiger partial charge in [0.15, 0.2) is 6.20 Å². The second-order valence-electron chi connectivity index (χ2n) is 3.91. The number of carbonyl (C=O) groups excluding carboxylic acids is 1. The monoisotopic (exact) mass is 238 g/mol. The Morgan fingerprint density at radius 3 is 3.00 bits per heavy atom. The zero-order chi connectivity index (χ0) is 11.5. The number of rotatable bonds is 4. The van der Waals surface area contributed by atoms with E-state index in [1.165, 1.54) is 18.0 Å². The van der Waals surface area contributed by atoms with Gasteiger partial charge in [-0.05, 0) is 37.6 Å². The minimum atomic E-state index is -0.233. The Hall–Kier alpha value is -1.23. The lowest BCUT2D eigenvalue weighted by Gasteiger charge is -2.10. The van der Waals surface area contributed by atoms with E-state index in [9.17, 15) is 10.0 Å². The molecule has 5 heteroatoms. The van der Waals surface area contributed by atoms with E-state index in [1.807, 2.05) is 6.92 Å². The smallest absolute Gasteiger partial charge is 0.252 e. The van der Waals surface area contributed by atoms with Gasteiger partial charge in [0, 0.05) is 18.2 Å². The summed E-state index contributed by atoms with van der Waals surface area (Å²) < 4.78 is 0.783. The van der Waals surface area contributed by atoms with Crippen LogP contribution in [0, 0.1) is 5.21 Å². The van der Waals surface area contributed by atoms with Gasteiger partial charge >= 0.3 is 0 Å². The summed E-state index contributed by atoms with van der Waals surface area (Å²) >= 11 is 1.29. The zero-order valence-electron chi connectivity index (χ0n) is 9.05. The first-order chi connectivity index (χ1) is 7.66. The van der Waals surface area contributed by atoms with Crippen LogP contribution in [0.25, 0.3) is 0 Å². The second kappa shape index (κ2) is 4.74. The normalized spacial score (nSPS) is 16.8. The first-order valence-corrected chi connectivity index (χ1v) is 6.20. The molecule has 16 heavy (non-hydrogen) atoms. The lowest BCUT2D eigenvalue weighted by molar-refractivity contribution is -0.645. The Labute approximate surface area is 98.6 Å². The van der Waals surface area contributed by atoms with Gasteiger partial charge in [0.2, 0.25) is 5.91 Å². The van der Waals surface area contributed by atoms with E-state index in [1.54, 1.807) is 18.2 Å². The number of pyridine rings is 1. The summed E-state index contributed by atoms with van der Waals surface area (Å²) in [6, 6.07) is 5.55. The number of aromatic nitrogens is 1. The number of nitrogens with zero attached hydrogens (tertiary/aromatic N) is 1. The van der Waals surface area contributed by atoms with E-state index in [2.05, 4.69) is 5.32 Å². The van der Waals surface area contributed by atoms with Crippen molar-refractivity contribution in [1.29, 1.82) is 0 Å². The molecule has 1 aromatic heterocycles. The van der Waals surface area contributed by atoms with Crippen molar-refractivity contribution in [3.05, 3.63) is 29.6 Å². The molecule has 0 saturated heterocycles. The fourth-order valence-corrected chi connectivity index (χ4v) is 2.14. The van der Waals surface area contributed by atoms with Crippen LogP contribution in [-0.2, 0) is 4.79 Å². The van der Waals surface area contributed by atoms with Crippen LogP contribution < -0.4 is 10.0 Å². The highest BCUT2D eigenvalue weighted by molar-refractivity contribution is 8.00. The molecule has 0 aromatic carbocycles. The molecule has 0 radical (unpaired) electrons. The van der Waals surface area contributed by atoms with Crippen LogP contribution in [0.1, 0.15) is 19.8 Å². The molecule has 1 N–H and O–H groups in total. The van der Waals surface area contributed by atoms with Crippen LogP contribution in [0.2, 0.25) is 0 Å². The molecule has 2 rings (SSSR count). The first-order valence-electron chi connectivity index (χ1n) is 5.32. The van der Waals surface area contributed by atoms with Crippen LogP contribution in [0.5, 0.6) is 0 Å². The maximum absolute atomic E-state index is 11.7. The van der Waals surface area contributed by atoms with Gasteiger partial charge in [-0.25, -0.2) is 0 Å². The van der Waals surface area contributed by atoms with Gasteiger partial charge in [0.1, 0.15) is 0 Å². The number of thioether (sulfide) groups is 1. The Kier molecular flexibility index (Phi) is 3.33. The molecule has 0 unspecified atom stereocenters. The summed E-state index contributed by atoms with van der Waals surface area (Å²) in [5, 5.41) is 14.6. The average molecular weight is 238 g/mol. The quantitative estimate of drug-likeness (QED) is 0.485. The summed E-state index contributed by atoms with van der Waals surface area (Å²) in [7, 11) is 0. The predicted molar refractivity (Wildman–Crippen MR) is 61.9 cm³/mol. The Morgan fingerprint density at radius 1 is 1.62 bits per heavy atom. The van der Waals surface area contributed by atoms with Crippen molar-refractivity contribution in [1.82, 2.24) is 5.32 Å². The molecular weight excluding hydrogens is 224 g/mol. The van der Waals surface area contributed by atoms with E-state index in [-0.39, 0.29) is 11.2 Å². The highest BCUT2D eigenvalue weighted by atomic mass is 32.2. The Morgan fingerprint density at radius 2 is 2.38 bits per heavy atom. The lowest BCUT2D eigenvalue weighted by Crippen LogP contribution is -2.34. The molecule has 1 aliphatic carbocycles. The third-order valence-corrected chi connectivity index (χ3v) is 3.50. The summed E-state index contributed by atoms with van der Waals surface area (Å²) in [6.07, 6.45) is 3.60. The van der Waals surface area contributed by atoms with Gasteiger partial charge in [-0.3, -0.25) is 4.79 Å². The number of hydrogen-bond acceptors (Lipinski definition) is 3. The largest absolute Gasteiger partial charge is 0.618 e. The van der Waals surface area contributed by atoms with E-state index in [0.717, 1.165) is 17.6 Å². The van der Waals surface area contributed by atoms with Crippen molar-refractivity contribution in [3.8, 4) is 0 Å². The van der Waals surface area contributed by atoms with Crippen LogP contribution in [-0.4, -0.2) is 17.2 Å².